The molecule has 0 spiro atoms. The molecular weight excluding hydrogens is 392 g/mol. The molecule has 1 aliphatic heterocycles. The summed E-state index contributed by atoms with van der Waals surface area (Å²) in [6.07, 6.45) is 0. The van der Waals surface area contributed by atoms with Gasteiger partial charge in [-0.2, -0.15) is 0 Å². The van der Waals surface area contributed by atoms with Crippen LogP contribution in [0.4, 0.5) is 25.1 Å². The van der Waals surface area contributed by atoms with Gasteiger partial charge >= 0.3 is 6.03 Å². The molecule has 4 rings (SSSR count). The SMILES string of the molecule is CCOc1nc2ccccc2nc1NC(=O)N1CCN(c2cc(F)cc(F)c2)CC1. The van der Waals surface area contributed by atoms with E-state index in [0.29, 0.717) is 49.5 Å². The highest BCUT2D eigenvalue weighted by Gasteiger charge is 2.23. The second-order valence-electron chi connectivity index (χ2n) is 6.83. The fourth-order valence-electron chi connectivity index (χ4n) is 3.37. The number of ether oxygens (including phenoxy) is 1. The van der Waals surface area contributed by atoms with E-state index in [0.717, 1.165) is 6.07 Å². The van der Waals surface area contributed by atoms with Crippen LogP contribution in [-0.2, 0) is 0 Å². The zero-order valence-corrected chi connectivity index (χ0v) is 16.4. The number of piperazine rings is 1. The third-order valence-electron chi connectivity index (χ3n) is 4.82. The molecule has 7 nitrogen and oxygen atoms in total. The Morgan fingerprint density at radius 3 is 2.30 bits per heavy atom. The van der Waals surface area contributed by atoms with Gasteiger partial charge in [-0.15, -0.1) is 0 Å². The normalized spacial score (nSPS) is 14.1. The number of carbonyl (C=O) groups excluding carboxylic acids is 1. The first-order valence-corrected chi connectivity index (χ1v) is 9.70. The highest BCUT2D eigenvalue weighted by atomic mass is 19.1. The molecule has 0 saturated carbocycles. The van der Waals surface area contributed by atoms with Crippen LogP contribution in [0.3, 0.4) is 0 Å². The summed E-state index contributed by atoms with van der Waals surface area (Å²) in [5, 5.41) is 2.78. The van der Waals surface area contributed by atoms with Crippen molar-refractivity contribution in [2.45, 2.75) is 6.92 Å². The summed E-state index contributed by atoms with van der Waals surface area (Å²) in [7, 11) is 0. The van der Waals surface area contributed by atoms with Crippen LogP contribution in [0.1, 0.15) is 6.92 Å². The van der Waals surface area contributed by atoms with E-state index in [1.165, 1.54) is 12.1 Å². The molecule has 156 valence electrons. The second-order valence-corrected chi connectivity index (χ2v) is 6.83. The molecule has 2 aromatic carbocycles. The van der Waals surface area contributed by atoms with Crippen LogP contribution in [0.2, 0.25) is 0 Å². The van der Waals surface area contributed by atoms with E-state index in [4.69, 9.17) is 4.74 Å². The molecule has 1 aliphatic rings. The van der Waals surface area contributed by atoms with Crippen molar-refractivity contribution in [3.05, 3.63) is 54.1 Å². The number of aromatic nitrogens is 2. The number of nitrogens with one attached hydrogen (secondary N) is 1. The summed E-state index contributed by atoms with van der Waals surface area (Å²) >= 11 is 0. The number of amides is 2. The van der Waals surface area contributed by atoms with Crippen LogP contribution in [0.15, 0.2) is 42.5 Å². The highest BCUT2D eigenvalue weighted by Crippen LogP contribution is 2.24. The Balaban J connectivity index is 1.45. The number of carbonyl (C=O) groups is 1. The topological polar surface area (TPSA) is 70.6 Å². The lowest BCUT2D eigenvalue weighted by atomic mass is 10.2. The minimum atomic E-state index is -0.622. The first kappa shape index (κ1) is 19.8. The molecule has 1 saturated heterocycles. The average molecular weight is 413 g/mol. The van der Waals surface area contributed by atoms with Gasteiger partial charge in [0.15, 0.2) is 5.82 Å². The molecule has 2 amide bonds. The molecule has 3 aromatic rings. The van der Waals surface area contributed by atoms with Crippen molar-refractivity contribution >= 4 is 28.6 Å². The largest absolute Gasteiger partial charge is 0.475 e. The van der Waals surface area contributed by atoms with E-state index in [1.54, 1.807) is 4.90 Å². The molecule has 2 heterocycles. The number of hydrogen-bond acceptors (Lipinski definition) is 5. The van der Waals surface area contributed by atoms with Gasteiger partial charge in [-0.25, -0.2) is 23.5 Å². The maximum Gasteiger partial charge on any atom is 0.323 e. The Kier molecular flexibility index (Phi) is 5.60. The Labute approximate surface area is 172 Å². The van der Waals surface area contributed by atoms with E-state index < -0.39 is 11.6 Å². The third kappa shape index (κ3) is 4.24. The van der Waals surface area contributed by atoms with Crippen LogP contribution in [0.25, 0.3) is 11.0 Å². The van der Waals surface area contributed by atoms with Crippen LogP contribution in [0, 0.1) is 11.6 Å². The number of rotatable bonds is 4. The lowest BCUT2D eigenvalue weighted by molar-refractivity contribution is 0.208. The maximum atomic E-state index is 13.5. The zero-order valence-electron chi connectivity index (χ0n) is 16.4. The Morgan fingerprint density at radius 2 is 1.67 bits per heavy atom. The van der Waals surface area contributed by atoms with Gasteiger partial charge in [0, 0.05) is 37.9 Å². The van der Waals surface area contributed by atoms with Gasteiger partial charge < -0.3 is 14.5 Å². The van der Waals surface area contributed by atoms with Gasteiger partial charge in [0.25, 0.3) is 5.88 Å². The van der Waals surface area contributed by atoms with Crippen molar-refractivity contribution in [1.29, 1.82) is 0 Å². The van der Waals surface area contributed by atoms with E-state index in [2.05, 4.69) is 15.3 Å². The summed E-state index contributed by atoms with van der Waals surface area (Å²) in [6.45, 7) is 3.93. The molecule has 1 aromatic heterocycles. The molecule has 1 fully saturated rings. The van der Waals surface area contributed by atoms with Gasteiger partial charge in [-0.05, 0) is 31.2 Å². The van der Waals surface area contributed by atoms with Gasteiger partial charge in [-0.1, -0.05) is 12.1 Å². The van der Waals surface area contributed by atoms with Crippen molar-refractivity contribution in [1.82, 2.24) is 14.9 Å². The molecule has 9 heteroatoms. The number of anilines is 2. The standard InChI is InChI=1S/C21H21F2N5O2/c1-2-30-20-19(24-17-5-3-4-6-18(17)25-20)26-21(29)28-9-7-27(8-10-28)16-12-14(22)11-15(23)13-16/h3-6,11-13H,2,7-10H2,1H3,(H,24,26,29). The first-order chi connectivity index (χ1) is 14.5. The van der Waals surface area contributed by atoms with Crippen LogP contribution < -0.4 is 15.0 Å². The van der Waals surface area contributed by atoms with Gasteiger partial charge in [0.2, 0.25) is 0 Å². The average Bonchev–Trinajstić information content (AvgIpc) is 2.73. The molecule has 0 radical (unpaired) electrons. The van der Waals surface area contributed by atoms with E-state index >= 15 is 0 Å². The number of urea groups is 1. The maximum absolute atomic E-state index is 13.5. The van der Waals surface area contributed by atoms with Crippen molar-refractivity contribution in [2.75, 3.05) is 43.0 Å². The van der Waals surface area contributed by atoms with Crippen molar-refractivity contribution in [3.8, 4) is 5.88 Å². The minimum Gasteiger partial charge on any atom is -0.475 e. The Bertz CT molecular complexity index is 1050. The van der Waals surface area contributed by atoms with Gasteiger partial charge in [-0.3, -0.25) is 5.32 Å². The van der Waals surface area contributed by atoms with Crippen molar-refractivity contribution in [2.24, 2.45) is 0 Å². The molecule has 30 heavy (non-hydrogen) atoms. The van der Waals surface area contributed by atoms with Crippen molar-refractivity contribution < 1.29 is 18.3 Å². The van der Waals surface area contributed by atoms with E-state index in [1.807, 2.05) is 36.1 Å². The quantitative estimate of drug-likeness (QED) is 0.707. The predicted molar refractivity (Wildman–Crippen MR) is 110 cm³/mol. The van der Waals surface area contributed by atoms with Crippen LogP contribution >= 0.6 is 0 Å². The van der Waals surface area contributed by atoms with Crippen molar-refractivity contribution in [3.63, 3.8) is 0 Å². The smallest absolute Gasteiger partial charge is 0.323 e. The van der Waals surface area contributed by atoms with Crippen LogP contribution in [0.5, 0.6) is 5.88 Å². The lowest BCUT2D eigenvalue weighted by Gasteiger charge is -2.36. The molecule has 0 atom stereocenters. The summed E-state index contributed by atoms with van der Waals surface area (Å²) in [5.74, 6) is -0.722. The summed E-state index contributed by atoms with van der Waals surface area (Å²) < 4.78 is 32.5. The van der Waals surface area contributed by atoms with E-state index in [9.17, 15) is 13.6 Å². The predicted octanol–water partition coefficient (Wildman–Crippen LogP) is 3.66. The minimum absolute atomic E-state index is 0.259. The summed E-state index contributed by atoms with van der Waals surface area (Å²) in [5.41, 5.74) is 1.79. The molecule has 0 bridgehead atoms. The summed E-state index contributed by atoms with van der Waals surface area (Å²) in [6, 6.07) is 10.4. The highest BCUT2D eigenvalue weighted by molar-refractivity contribution is 5.91. The molecule has 0 unspecified atom stereocenters. The van der Waals surface area contributed by atoms with E-state index in [-0.39, 0.29) is 17.7 Å². The third-order valence-corrected chi connectivity index (χ3v) is 4.82. The Morgan fingerprint density at radius 1 is 1.03 bits per heavy atom. The molecular formula is C21H21F2N5O2. The lowest BCUT2D eigenvalue weighted by Crippen LogP contribution is -2.50. The number of hydrogen-bond donors (Lipinski definition) is 1. The fourth-order valence-corrected chi connectivity index (χ4v) is 3.37. The fraction of sp³-hybridized carbons (Fsp3) is 0.286. The first-order valence-electron chi connectivity index (χ1n) is 9.70. The Hall–Kier alpha value is -3.49. The number of benzene rings is 2. The molecule has 0 aliphatic carbocycles. The monoisotopic (exact) mass is 413 g/mol. The molecule has 1 N–H and O–H groups in total. The summed E-state index contributed by atoms with van der Waals surface area (Å²) in [4.78, 5) is 25.1. The second kappa shape index (κ2) is 8.48. The number of halogens is 2. The number of para-hydroxylation sites is 2. The number of fused-ring (bicyclic) bond motifs is 1. The van der Waals surface area contributed by atoms with Gasteiger partial charge in [0.1, 0.15) is 11.6 Å². The van der Waals surface area contributed by atoms with Crippen LogP contribution in [-0.4, -0.2) is 53.7 Å². The number of nitrogens with zero attached hydrogens (tertiary/aromatic N) is 4. The van der Waals surface area contributed by atoms with Gasteiger partial charge in [0.05, 0.1) is 17.6 Å². The zero-order chi connectivity index (χ0) is 21.1.